The highest BCUT2D eigenvalue weighted by Crippen LogP contribution is 2.42. The van der Waals surface area contributed by atoms with Crippen molar-refractivity contribution in [3.63, 3.8) is 0 Å². The van der Waals surface area contributed by atoms with E-state index >= 15 is 0 Å². The minimum Gasteiger partial charge on any atom is -0.507 e. The number of hydrogen-bond acceptors (Lipinski definition) is 4. The van der Waals surface area contributed by atoms with Crippen LogP contribution in [0.15, 0.2) is 78.4 Å². The van der Waals surface area contributed by atoms with Gasteiger partial charge >= 0.3 is 0 Å². The summed E-state index contributed by atoms with van der Waals surface area (Å²) in [6.45, 7) is 1.97. The first kappa shape index (κ1) is 22.2. The number of ketones is 1. The van der Waals surface area contributed by atoms with Crippen molar-refractivity contribution >= 4 is 40.4 Å². The van der Waals surface area contributed by atoms with Crippen LogP contribution in [0.1, 0.15) is 30.0 Å². The average molecular weight is 477 g/mol. The molecule has 1 atom stereocenters. The van der Waals surface area contributed by atoms with E-state index in [1.807, 2.05) is 12.1 Å². The molecule has 34 heavy (non-hydrogen) atoms. The van der Waals surface area contributed by atoms with Crippen molar-refractivity contribution in [1.82, 2.24) is 0 Å². The van der Waals surface area contributed by atoms with E-state index in [4.69, 9.17) is 11.6 Å². The smallest absolute Gasteiger partial charge is 0.300 e. The van der Waals surface area contributed by atoms with Gasteiger partial charge in [0.1, 0.15) is 11.6 Å². The fraction of sp³-hybridized carbons (Fsp3) is 0.185. The minimum atomic E-state index is -0.908. The summed E-state index contributed by atoms with van der Waals surface area (Å²) in [5, 5.41) is 11.6. The van der Waals surface area contributed by atoms with Gasteiger partial charge in [0, 0.05) is 35.1 Å². The van der Waals surface area contributed by atoms with Crippen LogP contribution in [0, 0.1) is 5.82 Å². The van der Waals surface area contributed by atoms with Gasteiger partial charge < -0.3 is 10.0 Å². The number of nitrogens with zero attached hydrogens (tertiary/aromatic N) is 2. The molecule has 0 spiro atoms. The minimum absolute atomic E-state index is 0.0532. The third-order valence-electron chi connectivity index (χ3n) is 6.35. The highest BCUT2D eigenvalue weighted by atomic mass is 35.5. The van der Waals surface area contributed by atoms with E-state index in [-0.39, 0.29) is 11.3 Å². The van der Waals surface area contributed by atoms with Gasteiger partial charge in [-0.15, -0.1) is 0 Å². The summed E-state index contributed by atoms with van der Waals surface area (Å²) in [6, 6.07) is 18.5. The van der Waals surface area contributed by atoms with Gasteiger partial charge in [0.15, 0.2) is 0 Å². The fourth-order valence-electron chi connectivity index (χ4n) is 4.62. The molecule has 0 aromatic heterocycles. The predicted molar refractivity (Wildman–Crippen MR) is 131 cm³/mol. The fourth-order valence-corrected chi connectivity index (χ4v) is 4.75. The summed E-state index contributed by atoms with van der Waals surface area (Å²) in [4.78, 5) is 30.0. The Kier molecular flexibility index (Phi) is 5.84. The Morgan fingerprint density at radius 3 is 2.06 bits per heavy atom. The van der Waals surface area contributed by atoms with Gasteiger partial charge in [0.05, 0.1) is 11.6 Å². The van der Waals surface area contributed by atoms with Crippen LogP contribution < -0.4 is 9.80 Å². The molecule has 2 fully saturated rings. The predicted octanol–water partition coefficient (Wildman–Crippen LogP) is 5.71. The summed E-state index contributed by atoms with van der Waals surface area (Å²) in [5.74, 6) is -2.29. The van der Waals surface area contributed by atoms with Crippen LogP contribution in [-0.4, -0.2) is 29.9 Å². The quantitative estimate of drug-likeness (QED) is 0.298. The summed E-state index contributed by atoms with van der Waals surface area (Å²) in [5.41, 5.74) is 2.40. The Labute approximate surface area is 201 Å². The molecule has 3 aromatic rings. The number of hydrogen-bond donors (Lipinski definition) is 1. The number of aliphatic hydroxyl groups is 1. The molecular weight excluding hydrogens is 455 g/mol. The second-order valence-electron chi connectivity index (χ2n) is 8.44. The first-order valence-corrected chi connectivity index (χ1v) is 11.5. The number of anilines is 2. The summed E-state index contributed by atoms with van der Waals surface area (Å²) in [6.07, 6.45) is 2.29. The molecule has 1 unspecified atom stereocenters. The zero-order chi connectivity index (χ0) is 23.8. The van der Waals surface area contributed by atoms with E-state index in [1.54, 1.807) is 36.4 Å². The third kappa shape index (κ3) is 3.94. The average Bonchev–Trinajstić information content (AvgIpc) is 3.47. The lowest BCUT2D eigenvalue weighted by molar-refractivity contribution is -0.132. The maximum atomic E-state index is 13.7. The van der Waals surface area contributed by atoms with Gasteiger partial charge in [-0.1, -0.05) is 23.7 Å². The molecular formula is C27H22ClFN2O3. The van der Waals surface area contributed by atoms with Crippen LogP contribution in [0.3, 0.4) is 0 Å². The van der Waals surface area contributed by atoms with Crippen LogP contribution in [0.5, 0.6) is 0 Å². The topological polar surface area (TPSA) is 60.9 Å². The molecule has 5 rings (SSSR count). The molecule has 7 heteroatoms. The van der Waals surface area contributed by atoms with Crippen molar-refractivity contribution in [2.45, 2.75) is 18.9 Å². The number of carbonyl (C=O) groups is 2. The van der Waals surface area contributed by atoms with E-state index in [2.05, 4.69) is 4.90 Å². The van der Waals surface area contributed by atoms with Crippen molar-refractivity contribution in [3.05, 3.63) is 100 Å². The van der Waals surface area contributed by atoms with Crippen molar-refractivity contribution in [2.75, 3.05) is 22.9 Å². The van der Waals surface area contributed by atoms with Crippen LogP contribution in [-0.2, 0) is 9.59 Å². The number of benzene rings is 3. The number of Topliss-reactive ketones (excluding diaryl/α,β-unsaturated/α-hetero) is 1. The van der Waals surface area contributed by atoms with E-state index in [0.717, 1.165) is 31.6 Å². The Hall–Kier alpha value is -3.64. The molecule has 5 nitrogen and oxygen atoms in total. The number of carbonyl (C=O) groups excluding carboxylic acids is 2. The molecule has 0 saturated carbocycles. The van der Waals surface area contributed by atoms with Gasteiger partial charge in [-0.05, 0) is 79.1 Å². The number of halogens is 2. The SMILES string of the molecule is O=C1C(=O)N(c2ccc(N3CCCC3)cc2)C(c2ccc(F)cc2)/C1=C(\O)c1ccc(Cl)cc1. The second-order valence-corrected chi connectivity index (χ2v) is 8.87. The molecule has 2 aliphatic heterocycles. The summed E-state index contributed by atoms with van der Waals surface area (Å²) < 4.78 is 13.7. The Morgan fingerprint density at radius 2 is 1.44 bits per heavy atom. The maximum Gasteiger partial charge on any atom is 0.300 e. The lowest BCUT2D eigenvalue weighted by Crippen LogP contribution is -2.29. The maximum absolute atomic E-state index is 13.7. The standard InChI is InChI=1S/C27H22ClFN2O3/c28-19-7-3-18(4-8-19)25(32)23-24(17-5-9-20(29)10-6-17)31(27(34)26(23)33)22-13-11-21(12-14-22)30-15-1-2-16-30/h3-14,24,32H,1-2,15-16H2/b25-23+. The molecule has 2 saturated heterocycles. The molecule has 1 N–H and O–H groups in total. The molecule has 172 valence electrons. The monoisotopic (exact) mass is 476 g/mol. The number of rotatable bonds is 4. The molecule has 0 radical (unpaired) electrons. The van der Waals surface area contributed by atoms with Crippen molar-refractivity contribution < 1.29 is 19.1 Å². The van der Waals surface area contributed by atoms with Crippen LogP contribution >= 0.6 is 11.6 Å². The van der Waals surface area contributed by atoms with Gasteiger partial charge in [-0.25, -0.2) is 4.39 Å². The highest BCUT2D eigenvalue weighted by molar-refractivity contribution is 6.51. The lowest BCUT2D eigenvalue weighted by Gasteiger charge is -2.26. The normalized spacial score (nSPS) is 19.8. The van der Waals surface area contributed by atoms with Crippen molar-refractivity contribution in [3.8, 4) is 0 Å². The summed E-state index contributed by atoms with van der Waals surface area (Å²) >= 11 is 5.96. The van der Waals surface area contributed by atoms with Crippen LogP contribution in [0.4, 0.5) is 15.8 Å². The lowest BCUT2D eigenvalue weighted by atomic mass is 9.95. The van der Waals surface area contributed by atoms with Gasteiger partial charge in [-0.3, -0.25) is 14.5 Å². The number of amides is 1. The largest absolute Gasteiger partial charge is 0.507 e. The number of aliphatic hydroxyl groups excluding tert-OH is 1. The second kappa shape index (κ2) is 8.95. The van der Waals surface area contributed by atoms with E-state index in [9.17, 15) is 19.1 Å². The first-order valence-electron chi connectivity index (χ1n) is 11.1. The molecule has 0 bridgehead atoms. The van der Waals surface area contributed by atoms with Crippen molar-refractivity contribution in [1.29, 1.82) is 0 Å². The van der Waals surface area contributed by atoms with Crippen molar-refractivity contribution in [2.24, 2.45) is 0 Å². The van der Waals surface area contributed by atoms with Gasteiger partial charge in [-0.2, -0.15) is 0 Å². The summed E-state index contributed by atoms with van der Waals surface area (Å²) in [7, 11) is 0. The first-order chi connectivity index (χ1) is 16.4. The Bertz CT molecular complexity index is 1260. The molecule has 2 aliphatic rings. The van der Waals surface area contributed by atoms with E-state index in [0.29, 0.717) is 21.8 Å². The molecule has 3 aromatic carbocycles. The zero-order valence-electron chi connectivity index (χ0n) is 18.2. The zero-order valence-corrected chi connectivity index (χ0v) is 19.0. The van der Waals surface area contributed by atoms with Gasteiger partial charge in [0.2, 0.25) is 0 Å². The Balaban J connectivity index is 1.62. The highest BCUT2D eigenvalue weighted by Gasteiger charge is 2.47. The third-order valence-corrected chi connectivity index (χ3v) is 6.60. The Morgan fingerprint density at radius 1 is 0.853 bits per heavy atom. The van der Waals surface area contributed by atoms with Gasteiger partial charge in [0.25, 0.3) is 11.7 Å². The van der Waals surface area contributed by atoms with Crippen LogP contribution in [0.25, 0.3) is 5.76 Å². The molecule has 1 amide bonds. The molecule has 2 heterocycles. The van der Waals surface area contributed by atoms with E-state index < -0.39 is 23.5 Å². The van der Waals surface area contributed by atoms with Crippen LogP contribution in [0.2, 0.25) is 5.02 Å². The van der Waals surface area contributed by atoms with E-state index in [1.165, 1.54) is 29.2 Å². The molecule has 0 aliphatic carbocycles.